The lowest BCUT2D eigenvalue weighted by molar-refractivity contribution is -0.131. The molecule has 1 aromatic carbocycles. The zero-order chi connectivity index (χ0) is 15.0. The normalized spacial score (nSPS) is 28.0. The number of hydrogen-bond donors (Lipinski definition) is 1. The van der Waals surface area contributed by atoms with Crippen LogP contribution in [0.25, 0.3) is 0 Å². The average Bonchev–Trinajstić information content (AvgIpc) is 3.09. The highest BCUT2D eigenvalue weighted by molar-refractivity contribution is 6.35. The van der Waals surface area contributed by atoms with Gasteiger partial charge < -0.3 is 10.2 Å². The lowest BCUT2D eigenvalue weighted by atomic mass is 10.1. The summed E-state index contributed by atoms with van der Waals surface area (Å²) in [4.78, 5) is 14.6. The van der Waals surface area contributed by atoms with Gasteiger partial charge in [-0.15, -0.1) is 0 Å². The van der Waals surface area contributed by atoms with Gasteiger partial charge in [-0.25, -0.2) is 0 Å². The molecule has 3 rings (SSSR count). The van der Waals surface area contributed by atoms with E-state index in [0.29, 0.717) is 21.9 Å². The van der Waals surface area contributed by atoms with Crippen LogP contribution in [-0.2, 0) is 4.79 Å². The van der Waals surface area contributed by atoms with Gasteiger partial charge in [0.05, 0.1) is 0 Å². The molecule has 1 aliphatic carbocycles. The Kier molecular flexibility index (Phi) is 4.43. The molecule has 3 nitrogen and oxygen atoms in total. The molecule has 21 heavy (non-hydrogen) atoms. The van der Waals surface area contributed by atoms with E-state index in [-0.39, 0.29) is 11.8 Å². The zero-order valence-electron chi connectivity index (χ0n) is 12.1. The number of carbonyl (C=O) groups is 1. The molecule has 1 aromatic rings. The molecule has 1 heterocycles. The average molecular weight is 327 g/mol. The van der Waals surface area contributed by atoms with Crippen LogP contribution in [0.5, 0.6) is 0 Å². The SMILES string of the molecule is CNC[C@@H]1CCN(C(=O)[C@@H]2C[C@@H]2c2ccc(Cl)cc2Cl)C1. The van der Waals surface area contributed by atoms with Gasteiger partial charge in [0.2, 0.25) is 5.91 Å². The van der Waals surface area contributed by atoms with Crippen molar-refractivity contribution in [3.63, 3.8) is 0 Å². The zero-order valence-corrected chi connectivity index (χ0v) is 13.6. The van der Waals surface area contributed by atoms with E-state index in [1.165, 1.54) is 0 Å². The van der Waals surface area contributed by atoms with Crippen molar-refractivity contribution in [3.8, 4) is 0 Å². The largest absolute Gasteiger partial charge is 0.342 e. The molecule has 0 bridgehead atoms. The minimum atomic E-state index is 0.108. The monoisotopic (exact) mass is 326 g/mol. The van der Waals surface area contributed by atoms with Crippen molar-refractivity contribution >= 4 is 29.1 Å². The first kappa shape index (κ1) is 15.1. The van der Waals surface area contributed by atoms with Crippen LogP contribution in [0.15, 0.2) is 18.2 Å². The van der Waals surface area contributed by atoms with Crippen molar-refractivity contribution in [2.24, 2.45) is 11.8 Å². The Hall–Kier alpha value is -0.770. The van der Waals surface area contributed by atoms with E-state index in [0.717, 1.165) is 38.0 Å². The maximum atomic E-state index is 12.6. The topological polar surface area (TPSA) is 32.3 Å². The summed E-state index contributed by atoms with van der Waals surface area (Å²) in [5.74, 6) is 1.27. The summed E-state index contributed by atoms with van der Waals surface area (Å²) in [5, 5.41) is 4.51. The summed E-state index contributed by atoms with van der Waals surface area (Å²) in [6, 6.07) is 5.56. The number of nitrogens with one attached hydrogen (secondary N) is 1. The Balaban J connectivity index is 1.61. The summed E-state index contributed by atoms with van der Waals surface area (Å²) < 4.78 is 0. The molecule has 0 radical (unpaired) electrons. The molecule has 5 heteroatoms. The third kappa shape index (κ3) is 3.20. The van der Waals surface area contributed by atoms with Crippen molar-refractivity contribution in [2.45, 2.75) is 18.8 Å². The van der Waals surface area contributed by atoms with E-state index in [1.807, 2.05) is 24.1 Å². The third-order valence-corrected chi connectivity index (χ3v) is 5.12. The van der Waals surface area contributed by atoms with Crippen LogP contribution in [0.1, 0.15) is 24.3 Å². The number of benzene rings is 1. The molecule has 1 saturated heterocycles. The predicted octanol–water partition coefficient (Wildman–Crippen LogP) is 3.16. The molecule has 2 fully saturated rings. The summed E-state index contributed by atoms with van der Waals surface area (Å²) in [6.07, 6.45) is 2.01. The molecule has 1 N–H and O–H groups in total. The van der Waals surface area contributed by atoms with Crippen LogP contribution in [0.3, 0.4) is 0 Å². The number of hydrogen-bond acceptors (Lipinski definition) is 2. The number of likely N-dealkylation sites (tertiary alicyclic amines) is 1. The first-order valence-electron chi connectivity index (χ1n) is 7.48. The Morgan fingerprint density at radius 1 is 1.43 bits per heavy atom. The number of amides is 1. The van der Waals surface area contributed by atoms with Crippen LogP contribution >= 0.6 is 23.2 Å². The van der Waals surface area contributed by atoms with Crippen LogP contribution in [0, 0.1) is 11.8 Å². The second kappa shape index (κ2) is 6.15. The quantitative estimate of drug-likeness (QED) is 0.921. The van der Waals surface area contributed by atoms with E-state index in [4.69, 9.17) is 23.2 Å². The van der Waals surface area contributed by atoms with E-state index >= 15 is 0 Å². The van der Waals surface area contributed by atoms with E-state index < -0.39 is 0 Å². The molecular formula is C16H20Cl2N2O. The molecule has 114 valence electrons. The summed E-state index contributed by atoms with van der Waals surface area (Å²) in [5.41, 5.74) is 1.06. The van der Waals surface area contributed by atoms with Crippen LogP contribution in [0.2, 0.25) is 10.0 Å². The highest BCUT2D eigenvalue weighted by Crippen LogP contribution is 2.51. The first-order chi connectivity index (χ1) is 10.1. The standard InChI is InChI=1S/C16H20Cl2N2O/c1-19-8-10-4-5-20(9-10)16(21)14-7-13(14)12-3-2-11(17)6-15(12)18/h2-3,6,10,13-14,19H,4-5,7-9H2,1H3/t10-,13+,14+/m0/s1. The number of halogens is 2. The van der Waals surface area contributed by atoms with Gasteiger partial charge in [-0.05, 0) is 56.0 Å². The smallest absolute Gasteiger partial charge is 0.226 e. The van der Waals surface area contributed by atoms with Gasteiger partial charge in [-0.3, -0.25) is 4.79 Å². The first-order valence-corrected chi connectivity index (χ1v) is 8.24. The number of nitrogens with zero attached hydrogens (tertiary/aromatic N) is 1. The Morgan fingerprint density at radius 2 is 2.24 bits per heavy atom. The summed E-state index contributed by atoms with van der Waals surface area (Å²) >= 11 is 12.2. The van der Waals surface area contributed by atoms with Gasteiger partial charge in [0.1, 0.15) is 0 Å². The minimum absolute atomic E-state index is 0.108. The molecule has 0 aromatic heterocycles. The van der Waals surface area contributed by atoms with E-state index in [1.54, 1.807) is 6.07 Å². The molecule has 1 aliphatic heterocycles. The third-order valence-electron chi connectivity index (χ3n) is 4.56. The van der Waals surface area contributed by atoms with Crippen molar-refractivity contribution in [1.82, 2.24) is 10.2 Å². The molecule has 0 spiro atoms. The Morgan fingerprint density at radius 3 is 2.95 bits per heavy atom. The molecule has 1 amide bonds. The van der Waals surface area contributed by atoms with Crippen molar-refractivity contribution in [1.29, 1.82) is 0 Å². The highest BCUT2D eigenvalue weighted by Gasteiger charge is 2.47. The Bertz CT molecular complexity index is 549. The van der Waals surface area contributed by atoms with Crippen LogP contribution in [-0.4, -0.2) is 37.5 Å². The van der Waals surface area contributed by atoms with Gasteiger partial charge in [0.25, 0.3) is 0 Å². The van der Waals surface area contributed by atoms with Crippen molar-refractivity contribution in [3.05, 3.63) is 33.8 Å². The highest BCUT2D eigenvalue weighted by atomic mass is 35.5. The molecular weight excluding hydrogens is 307 g/mol. The van der Waals surface area contributed by atoms with E-state index in [2.05, 4.69) is 5.32 Å². The Labute approximate surface area is 135 Å². The van der Waals surface area contributed by atoms with E-state index in [9.17, 15) is 4.79 Å². The number of rotatable bonds is 4. The fourth-order valence-corrected chi connectivity index (χ4v) is 3.89. The second-order valence-electron chi connectivity index (χ2n) is 6.11. The van der Waals surface area contributed by atoms with Gasteiger partial charge >= 0.3 is 0 Å². The van der Waals surface area contributed by atoms with Crippen LogP contribution < -0.4 is 5.32 Å². The predicted molar refractivity (Wildman–Crippen MR) is 85.9 cm³/mol. The molecule has 0 unspecified atom stereocenters. The molecule has 2 aliphatic rings. The minimum Gasteiger partial charge on any atom is -0.342 e. The van der Waals surface area contributed by atoms with Gasteiger partial charge in [-0.1, -0.05) is 29.3 Å². The summed E-state index contributed by atoms with van der Waals surface area (Å²) in [6.45, 7) is 2.76. The maximum absolute atomic E-state index is 12.6. The maximum Gasteiger partial charge on any atom is 0.226 e. The lowest BCUT2D eigenvalue weighted by Crippen LogP contribution is -2.31. The fraction of sp³-hybridized carbons (Fsp3) is 0.562. The van der Waals surface area contributed by atoms with Crippen molar-refractivity contribution in [2.75, 3.05) is 26.7 Å². The fourth-order valence-electron chi connectivity index (χ4n) is 3.34. The second-order valence-corrected chi connectivity index (χ2v) is 6.95. The van der Waals surface area contributed by atoms with Crippen molar-refractivity contribution < 1.29 is 4.79 Å². The van der Waals surface area contributed by atoms with Gasteiger partial charge in [0, 0.05) is 29.1 Å². The lowest BCUT2D eigenvalue weighted by Gasteiger charge is -2.17. The van der Waals surface area contributed by atoms with Crippen LogP contribution in [0.4, 0.5) is 0 Å². The molecule has 1 saturated carbocycles. The van der Waals surface area contributed by atoms with Gasteiger partial charge in [-0.2, -0.15) is 0 Å². The molecule has 3 atom stereocenters. The van der Waals surface area contributed by atoms with Gasteiger partial charge in [0.15, 0.2) is 0 Å². The number of carbonyl (C=O) groups excluding carboxylic acids is 1. The summed E-state index contributed by atoms with van der Waals surface area (Å²) in [7, 11) is 1.96.